The van der Waals surface area contributed by atoms with Crippen molar-refractivity contribution in [2.24, 2.45) is 5.92 Å². The van der Waals surface area contributed by atoms with Crippen LogP contribution in [0.15, 0.2) is 24.3 Å². The molecule has 2 aliphatic rings. The fourth-order valence-electron chi connectivity index (χ4n) is 4.15. The molecular weight excluding hydrogens is 272 g/mol. The van der Waals surface area contributed by atoms with Gasteiger partial charge in [0, 0.05) is 32.2 Å². The van der Waals surface area contributed by atoms with Crippen molar-refractivity contribution >= 4 is 0 Å². The Kier molecular flexibility index (Phi) is 5.74. The molecule has 1 saturated heterocycles. The van der Waals surface area contributed by atoms with Gasteiger partial charge in [-0.3, -0.25) is 4.90 Å². The van der Waals surface area contributed by atoms with E-state index < -0.39 is 0 Å². The first-order chi connectivity index (χ1) is 10.9. The van der Waals surface area contributed by atoms with Crippen molar-refractivity contribution in [3.63, 3.8) is 0 Å². The van der Waals surface area contributed by atoms with Gasteiger partial charge in [-0.15, -0.1) is 0 Å². The number of hydrogen-bond acceptors (Lipinski definition) is 3. The summed E-state index contributed by atoms with van der Waals surface area (Å²) >= 11 is 0. The van der Waals surface area contributed by atoms with Crippen molar-refractivity contribution in [3.05, 3.63) is 29.8 Å². The quantitative estimate of drug-likeness (QED) is 0.899. The zero-order valence-corrected chi connectivity index (χ0v) is 13.9. The van der Waals surface area contributed by atoms with Crippen molar-refractivity contribution in [2.75, 3.05) is 32.8 Å². The standard InChI is InChI=1S/C19H30N2O/c1-2-22-18-10-6-9-17(15-18)19(16-7-4-3-5-8-16)21-13-11-20-12-14-21/h6,9-10,15-16,19-20H,2-5,7-8,11-14H2,1H3/t19-/m1/s1. The molecule has 0 unspecified atom stereocenters. The monoisotopic (exact) mass is 302 g/mol. The van der Waals surface area contributed by atoms with Gasteiger partial charge < -0.3 is 10.1 Å². The lowest BCUT2D eigenvalue weighted by Crippen LogP contribution is -2.47. The van der Waals surface area contributed by atoms with E-state index in [1.54, 1.807) is 0 Å². The summed E-state index contributed by atoms with van der Waals surface area (Å²) in [5.41, 5.74) is 1.46. The molecule has 1 atom stereocenters. The number of benzene rings is 1. The van der Waals surface area contributed by atoms with Gasteiger partial charge in [-0.1, -0.05) is 31.4 Å². The minimum atomic E-state index is 0.572. The van der Waals surface area contributed by atoms with Gasteiger partial charge >= 0.3 is 0 Å². The molecule has 0 aromatic heterocycles. The van der Waals surface area contributed by atoms with E-state index in [1.807, 2.05) is 0 Å². The molecule has 0 radical (unpaired) electrons. The normalized spacial score (nSPS) is 22.4. The second-order valence-corrected chi connectivity index (χ2v) is 6.63. The second-order valence-electron chi connectivity index (χ2n) is 6.63. The third-order valence-electron chi connectivity index (χ3n) is 5.15. The molecule has 0 bridgehead atoms. The van der Waals surface area contributed by atoms with Crippen LogP contribution in [0, 0.1) is 5.92 Å². The van der Waals surface area contributed by atoms with Crippen molar-refractivity contribution in [1.29, 1.82) is 0 Å². The number of hydrogen-bond donors (Lipinski definition) is 1. The lowest BCUT2D eigenvalue weighted by molar-refractivity contribution is 0.103. The molecule has 1 aliphatic heterocycles. The lowest BCUT2D eigenvalue weighted by atomic mass is 9.80. The average molecular weight is 302 g/mol. The molecule has 3 nitrogen and oxygen atoms in total. The second kappa shape index (κ2) is 7.98. The first-order valence-electron chi connectivity index (χ1n) is 9.06. The Morgan fingerprint density at radius 1 is 1.18 bits per heavy atom. The van der Waals surface area contributed by atoms with Crippen molar-refractivity contribution < 1.29 is 4.74 Å². The maximum absolute atomic E-state index is 5.74. The number of piperazine rings is 1. The molecule has 1 saturated carbocycles. The van der Waals surface area contributed by atoms with Gasteiger partial charge in [-0.05, 0) is 43.4 Å². The molecule has 0 amide bonds. The molecule has 1 N–H and O–H groups in total. The Morgan fingerprint density at radius 3 is 2.68 bits per heavy atom. The smallest absolute Gasteiger partial charge is 0.119 e. The molecule has 1 heterocycles. The van der Waals surface area contributed by atoms with Crippen LogP contribution in [0.25, 0.3) is 0 Å². The van der Waals surface area contributed by atoms with Gasteiger partial charge in [-0.25, -0.2) is 0 Å². The average Bonchev–Trinajstić information content (AvgIpc) is 2.58. The van der Waals surface area contributed by atoms with Gasteiger partial charge in [0.2, 0.25) is 0 Å². The first kappa shape index (κ1) is 15.8. The third-order valence-corrected chi connectivity index (χ3v) is 5.15. The van der Waals surface area contributed by atoms with E-state index >= 15 is 0 Å². The van der Waals surface area contributed by atoms with Crippen LogP contribution in [0.3, 0.4) is 0 Å². The Bertz CT molecular complexity index is 433. The Hall–Kier alpha value is -1.06. The fourth-order valence-corrected chi connectivity index (χ4v) is 4.15. The molecule has 122 valence electrons. The summed E-state index contributed by atoms with van der Waals surface area (Å²) in [6.45, 7) is 7.37. The van der Waals surface area contributed by atoms with Gasteiger partial charge in [0.05, 0.1) is 6.61 Å². The Morgan fingerprint density at radius 2 is 1.95 bits per heavy atom. The number of nitrogens with zero attached hydrogens (tertiary/aromatic N) is 1. The highest BCUT2D eigenvalue weighted by atomic mass is 16.5. The lowest BCUT2D eigenvalue weighted by Gasteiger charge is -2.41. The van der Waals surface area contributed by atoms with Crippen LogP contribution in [0.1, 0.15) is 50.6 Å². The van der Waals surface area contributed by atoms with Crippen LogP contribution in [-0.4, -0.2) is 37.7 Å². The van der Waals surface area contributed by atoms with Crippen LogP contribution in [0.4, 0.5) is 0 Å². The van der Waals surface area contributed by atoms with Crippen LogP contribution in [0.2, 0.25) is 0 Å². The number of nitrogens with one attached hydrogen (secondary N) is 1. The molecule has 0 spiro atoms. The summed E-state index contributed by atoms with van der Waals surface area (Å²) in [5.74, 6) is 1.83. The molecule has 22 heavy (non-hydrogen) atoms. The highest BCUT2D eigenvalue weighted by molar-refractivity contribution is 5.31. The molecular formula is C19H30N2O. The summed E-state index contributed by atoms with van der Waals surface area (Å²) in [7, 11) is 0. The van der Waals surface area contributed by atoms with E-state index in [0.717, 1.165) is 31.4 Å². The van der Waals surface area contributed by atoms with Crippen LogP contribution < -0.4 is 10.1 Å². The Balaban J connectivity index is 1.84. The largest absolute Gasteiger partial charge is 0.494 e. The van der Waals surface area contributed by atoms with Crippen molar-refractivity contribution in [1.82, 2.24) is 10.2 Å². The molecule has 1 aliphatic carbocycles. The van der Waals surface area contributed by atoms with Gasteiger partial charge in [-0.2, -0.15) is 0 Å². The number of ether oxygens (including phenoxy) is 1. The van der Waals surface area contributed by atoms with E-state index in [2.05, 4.69) is 41.4 Å². The van der Waals surface area contributed by atoms with Crippen LogP contribution in [0.5, 0.6) is 5.75 Å². The summed E-state index contributed by atoms with van der Waals surface area (Å²) in [6, 6.07) is 9.41. The number of rotatable bonds is 5. The van der Waals surface area contributed by atoms with Gasteiger partial charge in [0.25, 0.3) is 0 Å². The van der Waals surface area contributed by atoms with Gasteiger partial charge in [0.15, 0.2) is 0 Å². The van der Waals surface area contributed by atoms with Crippen LogP contribution >= 0.6 is 0 Å². The van der Waals surface area contributed by atoms with Crippen molar-refractivity contribution in [2.45, 2.75) is 45.1 Å². The highest BCUT2D eigenvalue weighted by Crippen LogP contribution is 2.39. The van der Waals surface area contributed by atoms with E-state index in [0.29, 0.717) is 6.04 Å². The molecule has 1 aromatic rings. The minimum Gasteiger partial charge on any atom is -0.494 e. The maximum atomic E-state index is 5.74. The van der Waals surface area contributed by atoms with E-state index in [9.17, 15) is 0 Å². The van der Waals surface area contributed by atoms with Gasteiger partial charge in [0.1, 0.15) is 5.75 Å². The summed E-state index contributed by atoms with van der Waals surface area (Å²) in [4.78, 5) is 2.71. The highest BCUT2D eigenvalue weighted by Gasteiger charge is 2.31. The molecule has 3 heteroatoms. The topological polar surface area (TPSA) is 24.5 Å². The summed E-state index contributed by atoms with van der Waals surface area (Å²) in [5, 5.41) is 3.49. The summed E-state index contributed by atoms with van der Waals surface area (Å²) in [6.07, 6.45) is 6.99. The maximum Gasteiger partial charge on any atom is 0.119 e. The fraction of sp³-hybridized carbons (Fsp3) is 0.684. The predicted octanol–water partition coefficient (Wildman–Crippen LogP) is 3.61. The third kappa shape index (κ3) is 3.82. The molecule has 2 fully saturated rings. The van der Waals surface area contributed by atoms with E-state index in [4.69, 9.17) is 4.74 Å². The van der Waals surface area contributed by atoms with E-state index in [1.165, 1.54) is 50.8 Å². The molecule has 1 aromatic carbocycles. The SMILES string of the molecule is CCOc1cccc([C@@H](C2CCCCC2)N2CCNCC2)c1. The van der Waals surface area contributed by atoms with Crippen LogP contribution in [-0.2, 0) is 0 Å². The summed E-state index contributed by atoms with van der Waals surface area (Å²) < 4.78 is 5.74. The Labute approximate surface area is 135 Å². The minimum absolute atomic E-state index is 0.572. The first-order valence-corrected chi connectivity index (χ1v) is 9.06. The zero-order valence-electron chi connectivity index (χ0n) is 13.9. The predicted molar refractivity (Wildman–Crippen MR) is 91.4 cm³/mol. The molecule has 3 rings (SSSR count). The van der Waals surface area contributed by atoms with Crippen molar-refractivity contribution in [3.8, 4) is 5.75 Å². The van der Waals surface area contributed by atoms with E-state index in [-0.39, 0.29) is 0 Å². The zero-order chi connectivity index (χ0) is 15.2.